The molecular formula is C29H30N2O7S2. The van der Waals surface area contributed by atoms with E-state index in [-0.39, 0.29) is 22.2 Å². The third-order valence-corrected chi connectivity index (χ3v) is 8.05. The summed E-state index contributed by atoms with van der Waals surface area (Å²) in [4.78, 5) is 46.0. The molecule has 4 rings (SSSR count). The van der Waals surface area contributed by atoms with Gasteiger partial charge in [-0.2, -0.15) is 0 Å². The Hall–Kier alpha value is -3.96. The third-order valence-electron chi connectivity index (χ3n) is 6.05. The van der Waals surface area contributed by atoms with Crippen LogP contribution in [-0.4, -0.2) is 47.6 Å². The first-order valence-corrected chi connectivity index (χ1v) is 14.5. The number of hydrogen-bond donors (Lipinski definition) is 1. The summed E-state index contributed by atoms with van der Waals surface area (Å²) in [6, 6.07) is 7.49. The molecule has 40 heavy (non-hydrogen) atoms. The standard InChI is InChI=1S/C29H30N2O7S2/c1-5-8-14-37-19-12-11-18(16-20(19)36-7-3)23-22(24(32)21-10-9-15-39-21)25(33)27(34)31(23)29-30-17(4)26(40-29)28(35)38-13-6-2/h6,9-12,15-16,23,33H,2,5,7-8,13-14H2,1,3-4H3. The molecule has 1 amide bonds. The fourth-order valence-electron chi connectivity index (χ4n) is 4.17. The summed E-state index contributed by atoms with van der Waals surface area (Å²) in [6.45, 7) is 9.98. The smallest absolute Gasteiger partial charge is 0.350 e. The SMILES string of the molecule is C=CCOC(=O)c1sc(N2C(=O)C(O)=C(C(=O)c3cccs3)C2c2ccc(OCCCC)c(OCC)c2)nc1C. The van der Waals surface area contributed by atoms with Crippen LogP contribution in [0.4, 0.5) is 5.13 Å². The number of amides is 1. The Morgan fingerprint density at radius 2 is 2.00 bits per heavy atom. The van der Waals surface area contributed by atoms with Gasteiger partial charge in [-0.05, 0) is 49.4 Å². The van der Waals surface area contributed by atoms with Gasteiger partial charge in [0.2, 0.25) is 5.78 Å². The average Bonchev–Trinajstić information content (AvgIpc) is 3.67. The molecule has 0 spiro atoms. The minimum absolute atomic E-state index is 0.0193. The van der Waals surface area contributed by atoms with Crippen molar-refractivity contribution in [2.24, 2.45) is 0 Å². The maximum Gasteiger partial charge on any atom is 0.350 e. The molecular weight excluding hydrogens is 552 g/mol. The number of carbonyl (C=O) groups excluding carboxylic acids is 3. The van der Waals surface area contributed by atoms with Crippen molar-refractivity contribution in [1.82, 2.24) is 4.98 Å². The van der Waals surface area contributed by atoms with Gasteiger partial charge in [-0.3, -0.25) is 14.5 Å². The molecule has 0 bridgehead atoms. The van der Waals surface area contributed by atoms with Gasteiger partial charge >= 0.3 is 5.97 Å². The summed E-state index contributed by atoms with van der Waals surface area (Å²) in [5.41, 5.74) is 0.776. The molecule has 3 heterocycles. The molecule has 0 saturated heterocycles. The lowest BCUT2D eigenvalue weighted by Gasteiger charge is -2.25. The third kappa shape index (κ3) is 5.80. The van der Waals surface area contributed by atoms with Crippen LogP contribution in [0.15, 0.2) is 59.7 Å². The molecule has 11 heteroatoms. The highest BCUT2D eigenvalue weighted by molar-refractivity contribution is 7.17. The fourth-order valence-corrected chi connectivity index (χ4v) is 5.84. The number of esters is 1. The molecule has 9 nitrogen and oxygen atoms in total. The molecule has 0 saturated carbocycles. The first kappa shape index (κ1) is 29.0. The van der Waals surface area contributed by atoms with E-state index in [0.29, 0.717) is 40.8 Å². The van der Waals surface area contributed by atoms with Crippen LogP contribution in [0.5, 0.6) is 11.5 Å². The quantitative estimate of drug-likeness (QED) is 0.109. The van der Waals surface area contributed by atoms with Gasteiger partial charge in [0, 0.05) is 0 Å². The predicted octanol–water partition coefficient (Wildman–Crippen LogP) is 6.22. The molecule has 0 radical (unpaired) electrons. The number of unbranched alkanes of at least 4 members (excludes halogenated alkanes) is 1. The van der Waals surface area contributed by atoms with Crippen LogP contribution < -0.4 is 14.4 Å². The average molecular weight is 583 g/mol. The van der Waals surface area contributed by atoms with E-state index in [1.165, 1.54) is 22.3 Å². The minimum atomic E-state index is -1.03. The number of benzene rings is 1. The zero-order chi connectivity index (χ0) is 28.8. The monoisotopic (exact) mass is 582 g/mol. The fraction of sp³-hybridized carbons (Fsp3) is 0.310. The molecule has 3 aromatic rings. The summed E-state index contributed by atoms with van der Waals surface area (Å²) in [5.74, 6) is -1.58. The Kier molecular flexibility index (Phi) is 9.38. The summed E-state index contributed by atoms with van der Waals surface area (Å²) in [6.07, 6.45) is 3.29. The Morgan fingerprint density at radius 1 is 1.20 bits per heavy atom. The van der Waals surface area contributed by atoms with E-state index in [2.05, 4.69) is 18.5 Å². The molecule has 210 valence electrons. The van der Waals surface area contributed by atoms with E-state index in [0.717, 1.165) is 24.2 Å². The largest absolute Gasteiger partial charge is 0.503 e. The van der Waals surface area contributed by atoms with Crippen molar-refractivity contribution < 1.29 is 33.7 Å². The molecule has 1 aromatic carbocycles. The van der Waals surface area contributed by atoms with Crippen molar-refractivity contribution in [1.29, 1.82) is 0 Å². The van der Waals surface area contributed by atoms with Crippen LogP contribution >= 0.6 is 22.7 Å². The summed E-state index contributed by atoms with van der Waals surface area (Å²) in [7, 11) is 0. The van der Waals surface area contributed by atoms with Gasteiger partial charge in [0.05, 0.1) is 35.4 Å². The number of ether oxygens (including phenoxy) is 3. The second-order valence-electron chi connectivity index (χ2n) is 8.79. The van der Waals surface area contributed by atoms with E-state index >= 15 is 0 Å². The number of hydrogen-bond acceptors (Lipinski definition) is 10. The van der Waals surface area contributed by atoms with Crippen LogP contribution in [0.1, 0.15) is 63.3 Å². The molecule has 0 fully saturated rings. The zero-order valence-electron chi connectivity index (χ0n) is 22.5. The van der Waals surface area contributed by atoms with Crippen molar-refractivity contribution in [3.8, 4) is 11.5 Å². The molecule has 1 aliphatic rings. The van der Waals surface area contributed by atoms with E-state index in [1.54, 1.807) is 42.6 Å². The van der Waals surface area contributed by atoms with Crippen LogP contribution in [0.3, 0.4) is 0 Å². The Balaban J connectivity index is 1.83. The van der Waals surface area contributed by atoms with E-state index in [1.807, 2.05) is 6.92 Å². The van der Waals surface area contributed by atoms with Gasteiger partial charge in [-0.25, -0.2) is 9.78 Å². The van der Waals surface area contributed by atoms with Crippen molar-refractivity contribution >= 4 is 45.5 Å². The Morgan fingerprint density at radius 3 is 2.67 bits per heavy atom. The second kappa shape index (κ2) is 12.9. The van der Waals surface area contributed by atoms with Gasteiger partial charge in [0.25, 0.3) is 5.91 Å². The van der Waals surface area contributed by atoms with E-state index in [9.17, 15) is 19.5 Å². The number of aromatic nitrogens is 1. The summed E-state index contributed by atoms with van der Waals surface area (Å²) in [5, 5.41) is 12.9. The lowest BCUT2D eigenvalue weighted by Crippen LogP contribution is -2.31. The Bertz CT molecular complexity index is 1440. The number of aryl methyl sites for hydroxylation is 1. The number of ketones is 1. The number of Topliss-reactive ketones (excluding diaryl/α,β-unsaturated/α-hetero) is 1. The summed E-state index contributed by atoms with van der Waals surface area (Å²) >= 11 is 2.15. The molecule has 1 unspecified atom stereocenters. The molecule has 1 atom stereocenters. The highest BCUT2D eigenvalue weighted by Gasteiger charge is 2.46. The zero-order valence-corrected chi connectivity index (χ0v) is 24.1. The Labute approximate surface area is 240 Å². The molecule has 1 N–H and O–H groups in total. The van der Waals surface area contributed by atoms with Gasteiger partial charge in [0.1, 0.15) is 11.5 Å². The number of nitrogens with zero attached hydrogens (tertiary/aromatic N) is 2. The van der Waals surface area contributed by atoms with Gasteiger partial charge < -0.3 is 19.3 Å². The van der Waals surface area contributed by atoms with Crippen LogP contribution in [-0.2, 0) is 9.53 Å². The van der Waals surface area contributed by atoms with E-state index in [4.69, 9.17) is 14.2 Å². The van der Waals surface area contributed by atoms with Crippen molar-refractivity contribution in [3.05, 3.63) is 80.7 Å². The first-order chi connectivity index (χ1) is 19.3. The van der Waals surface area contributed by atoms with Crippen LogP contribution in [0.2, 0.25) is 0 Å². The summed E-state index contributed by atoms with van der Waals surface area (Å²) < 4.78 is 16.9. The van der Waals surface area contributed by atoms with Gasteiger partial charge in [-0.1, -0.05) is 49.5 Å². The number of anilines is 1. The lowest BCUT2D eigenvalue weighted by molar-refractivity contribution is -0.117. The second-order valence-corrected chi connectivity index (χ2v) is 10.7. The first-order valence-electron chi connectivity index (χ1n) is 12.8. The van der Waals surface area contributed by atoms with E-state index < -0.39 is 29.5 Å². The maximum absolute atomic E-state index is 13.6. The minimum Gasteiger partial charge on any atom is -0.503 e. The van der Waals surface area contributed by atoms with Gasteiger partial charge in [0.15, 0.2) is 22.4 Å². The molecule has 0 aliphatic carbocycles. The normalized spacial score (nSPS) is 14.9. The van der Waals surface area contributed by atoms with Crippen molar-refractivity contribution in [3.63, 3.8) is 0 Å². The number of thiophene rings is 1. The van der Waals surface area contributed by atoms with Crippen LogP contribution in [0.25, 0.3) is 0 Å². The van der Waals surface area contributed by atoms with Crippen LogP contribution in [0, 0.1) is 6.92 Å². The highest BCUT2D eigenvalue weighted by Crippen LogP contribution is 2.45. The topological polar surface area (TPSA) is 115 Å². The maximum atomic E-state index is 13.6. The number of thiazole rings is 1. The molecule has 2 aromatic heterocycles. The predicted molar refractivity (Wildman–Crippen MR) is 154 cm³/mol. The number of aliphatic hydroxyl groups excluding tert-OH is 1. The highest BCUT2D eigenvalue weighted by atomic mass is 32.1. The van der Waals surface area contributed by atoms with Crippen molar-refractivity contribution in [2.45, 2.75) is 39.7 Å². The lowest BCUT2D eigenvalue weighted by atomic mass is 9.95. The number of aliphatic hydroxyl groups is 1. The van der Waals surface area contributed by atoms with Crippen molar-refractivity contribution in [2.75, 3.05) is 24.7 Å². The number of rotatable bonds is 13. The molecule has 1 aliphatic heterocycles. The van der Waals surface area contributed by atoms with Gasteiger partial charge in [-0.15, -0.1) is 11.3 Å². The number of carbonyl (C=O) groups is 3.